The molecule has 2 amide bonds. The molecule has 0 aliphatic heterocycles. The molecule has 0 fully saturated rings. The number of benzene rings is 2. The Morgan fingerprint density at radius 1 is 0.943 bits per heavy atom. The van der Waals surface area contributed by atoms with Crippen LogP contribution in [0.1, 0.15) is 52.2 Å². The molecule has 2 rings (SSSR count). The summed E-state index contributed by atoms with van der Waals surface area (Å²) in [5.74, 6) is -0.665. The predicted octanol–water partition coefficient (Wildman–Crippen LogP) is 3.78. The quantitative estimate of drug-likeness (QED) is 0.508. The van der Waals surface area contributed by atoms with Gasteiger partial charge in [-0.05, 0) is 63.3 Å². The molecule has 0 aliphatic carbocycles. The maximum atomic E-state index is 13.6. The Kier molecular flexibility index (Phi) is 9.89. The molecule has 1 N–H and O–H groups in total. The number of hydrogen-bond donors (Lipinski definition) is 1. The lowest BCUT2D eigenvalue weighted by Crippen LogP contribution is -2.56. The minimum Gasteiger partial charge on any atom is -0.350 e. The second-order valence-electron chi connectivity index (χ2n) is 9.78. The molecule has 0 spiro atoms. The van der Waals surface area contributed by atoms with Crippen LogP contribution in [0.3, 0.4) is 0 Å². The normalized spacial score (nSPS) is 12.6. The summed E-state index contributed by atoms with van der Waals surface area (Å²) in [7, 11) is -3.73. The van der Waals surface area contributed by atoms with Crippen molar-refractivity contribution >= 4 is 27.5 Å². The van der Waals surface area contributed by atoms with Crippen molar-refractivity contribution in [1.29, 1.82) is 0 Å². The van der Waals surface area contributed by atoms with Crippen LogP contribution >= 0.6 is 0 Å². The second-order valence-corrected chi connectivity index (χ2v) is 11.7. The van der Waals surface area contributed by atoms with Crippen molar-refractivity contribution in [2.45, 2.75) is 65.5 Å². The smallest absolute Gasteiger partial charge is 0.244 e. The number of rotatable bonds is 11. The molecule has 0 aliphatic rings. The van der Waals surface area contributed by atoms with E-state index in [1.54, 1.807) is 12.1 Å². The summed E-state index contributed by atoms with van der Waals surface area (Å²) in [5, 5.41) is 2.97. The third-order valence-corrected chi connectivity index (χ3v) is 6.82. The molecule has 0 heterocycles. The van der Waals surface area contributed by atoms with Gasteiger partial charge in [-0.2, -0.15) is 0 Å². The van der Waals surface area contributed by atoms with Gasteiger partial charge in [-0.1, -0.05) is 56.3 Å². The SMILES string of the molecule is CCc1ccc(N(CC(=O)N(CCc2ccccc2)[C@H](CC)C(=O)NC(C)(C)C)S(C)(=O)=O)cc1. The molecule has 0 bridgehead atoms. The number of sulfonamides is 1. The lowest BCUT2D eigenvalue weighted by Gasteiger charge is -2.34. The van der Waals surface area contributed by atoms with Crippen LogP contribution < -0.4 is 9.62 Å². The first-order valence-electron chi connectivity index (χ1n) is 12.1. The number of nitrogens with zero attached hydrogens (tertiary/aromatic N) is 2. The van der Waals surface area contributed by atoms with Crippen molar-refractivity contribution < 1.29 is 18.0 Å². The summed E-state index contributed by atoms with van der Waals surface area (Å²) in [5.41, 5.74) is 2.07. The molecular formula is C27H39N3O4S. The summed E-state index contributed by atoms with van der Waals surface area (Å²) >= 11 is 0. The van der Waals surface area contributed by atoms with E-state index in [1.807, 2.05) is 77.1 Å². The Morgan fingerprint density at radius 2 is 1.54 bits per heavy atom. The fraction of sp³-hybridized carbons (Fsp3) is 0.481. The van der Waals surface area contributed by atoms with Crippen LogP contribution in [0, 0.1) is 0 Å². The number of hydrogen-bond acceptors (Lipinski definition) is 4. The zero-order chi connectivity index (χ0) is 26.2. The van der Waals surface area contributed by atoms with Crippen LogP contribution in [0.15, 0.2) is 54.6 Å². The van der Waals surface area contributed by atoms with Crippen molar-refractivity contribution in [3.63, 3.8) is 0 Å². The first-order valence-corrected chi connectivity index (χ1v) is 13.9. The Morgan fingerprint density at radius 3 is 2.03 bits per heavy atom. The van der Waals surface area contributed by atoms with Crippen molar-refractivity contribution in [2.24, 2.45) is 0 Å². The van der Waals surface area contributed by atoms with Crippen LogP contribution in [-0.4, -0.2) is 56.1 Å². The summed E-state index contributed by atoms with van der Waals surface area (Å²) < 4.78 is 26.4. The fourth-order valence-electron chi connectivity index (χ4n) is 3.86. The number of anilines is 1. The molecule has 8 heteroatoms. The number of carbonyl (C=O) groups excluding carboxylic acids is 2. The van der Waals surface area contributed by atoms with Crippen molar-refractivity contribution in [1.82, 2.24) is 10.2 Å². The van der Waals surface area contributed by atoms with E-state index in [2.05, 4.69) is 5.32 Å². The number of nitrogens with one attached hydrogen (secondary N) is 1. The Balaban J connectivity index is 2.37. The monoisotopic (exact) mass is 501 g/mol. The molecule has 7 nitrogen and oxygen atoms in total. The standard InChI is InChI=1S/C27H39N3O4S/c1-7-21-14-16-23(17-15-21)30(35(6,33)34)20-25(31)29(19-18-22-12-10-9-11-13-22)24(8-2)26(32)28-27(3,4)5/h9-17,24H,7-8,18-20H2,1-6H3,(H,28,32)/t24-/m1/s1. The van der Waals surface area contributed by atoms with E-state index in [-0.39, 0.29) is 12.5 Å². The molecule has 0 saturated carbocycles. The molecule has 0 aromatic heterocycles. The minimum absolute atomic E-state index is 0.250. The summed E-state index contributed by atoms with van der Waals surface area (Å²) in [6.07, 6.45) is 2.88. The Labute approximate surface area is 210 Å². The topological polar surface area (TPSA) is 86.8 Å². The van der Waals surface area contributed by atoms with Gasteiger partial charge in [0, 0.05) is 12.1 Å². The van der Waals surface area contributed by atoms with E-state index in [1.165, 1.54) is 4.90 Å². The largest absolute Gasteiger partial charge is 0.350 e. The molecular weight excluding hydrogens is 462 g/mol. The van der Waals surface area contributed by atoms with Gasteiger partial charge in [-0.25, -0.2) is 8.42 Å². The van der Waals surface area contributed by atoms with Gasteiger partial charge in [0.2, 0.25) is 21.8 Å². The highest BCUT2D eigenvalue weighted by Gasteiger charge is 2.32. The Hall–Kier alpha value is -2.87. The highest BCUT2D eigenvalue weighted by molar-refractivity contribution is 7.92. The fourth-order valence-corrected chi connectivity index (χ4v) is 4.71. The zero-order valence-corrected chi connectivity index (χ0v) is 22.6. The first kappa shape index (κ1) is 28.4. The van der Waals surface area contributed by atoms with Gasteiger partial charge in [-0.3, -0.25) is 13.9 Å². The third kappa shape index (κ3) is 8.69. The van der Waals surface area contributed by atoms with Crippen LogP contribution in [0.2, 0.25) is 0 Å². The first-order chi connectivity index (χ1) is 16.4. The van der Waals surface area contributed by atoms with Gasteiger partial charge in [0.15, 0.2) is 0 Å². The predicted molar refractivity (Wildman–Crippen MR) is 142 cm³/mol. The lowest BCUT2D eigenvalue weighted by molar-refractivity contribution is -0.140. The molecule has 0 radical (unpaired) electrons. The van der Waals surface area contributed by atoms with E-state index in [0.29, 0.717) is 25.1 Å². The van der Waals surface area contributed by atoms with E-state index in [4.69, 9.17) is 0 Å². The lowest BCUT2D eigenvalue weighted by atomic mass is 10.1. The van der Waals surface area contributed by atoms with Gasteiger partial charge < -0.3 is 10.2 Å². The van der Waals surface area contributed by atoms with Gasteiger partial charge in [0.25, 0.3) is 0 Å². The Bertz CT molecular complexity index is 1080. The number of aryl methyl sites for hydroxylation is 1. The van der Waals surface area contributed by atoms with Gasteiger partial charge in [-0.15, -0.1) is 0 Å². The molecule has 35 heavy (non-hydrogen) atoms. The molecule has 1 atom stereocenters. The highest BCUT2D eigenvalue weighted by Crippen LogP contribution is 2.20. The van der Waals surface area contributed by atoms with Gasteiger partial charge in [0.05, 0.1) is 11.9 Å². The van der Waals surface area contributed by atoms with Crippen molar-refractivity contribution in [2.75, 3.05) is 23.7 Å². The minimum atomic E-state index is -3.73. The van der Waals surface area contributed by atoms with Crippen LogP contribution in [0.25, 0.3) is 0 Å². The summed E-state index contributed by atoms with van der Waals surface area (Å²) in [4.78, 5) is 28.3. The van der Waals surface area contributed by atoms with E-state index in [9.17, 15) is 18.0 Å². The van der Waals surface area contributed by atoms with E-state index < -0.39 is 27.5 Å². The molecule has 2 aromatic rings. The van der Waals surface area contributed by atoms with Gasteiger partial charge >= 0.3 is 0 Å². The van der Waals surface area contributed by atoms with Crippen molar-refractivity contribution in [3.05, 3.63) is 65.7 Å². The van der Waals surface area contributed by atoms with E-state index >= 15 is 0 Å². The summed E-state index contributed by atoms with van der Waals surface area (Å²) in [6.45, 7) is 9.46. The molecule has 0 saturated heterocycles. The average Bonchev–Trinajstić information content (AvgIpc) is 2.78. The van der Waals surface area contributed by atoms with Crippen LogP contribution in [0.5, 0.6) is 0 Å². The number of amides is 2. The maximum Gasteiger partial charge on any atom is 0.244 e. The summed E-state index contributed by atoms with van der Waals surface area (Å²) in [6, 6.07) is 16.1. The van der Waals surface area contributed by atoms with Gasteiger partial charge in [0.1, 0.15) is 12.6 Å². The molecule has 2 aromatic carbocycles. The zero-order valence-electron chi connectivity index (χ0n) is 21.7. The maximum absolute atomic E-state index is 13.6. The highest BCUT2D eigenvalue weighted by atomic mass is 32.2. The second kappa shape index (κ2) is 12.2. The van der Waals surface area contributed by atoms with E-state index in [0.717, 1.165) is 28.1 Å². The average molecular weight is 502 g/mol. The molecule has 0 unspecified atom stereocenters. The van der Waals surface area contributed by atoms with Crippen molar-refractivity contribution in [3.8, 4) is 0 Å². The third-order valence-electron chi connectivity index (χ3n) is 5.68. The van der Waals surface area contributed by atoms with Crippen LogP contribution in [-0.2, 0) is 32.5 Å². The molecule has 192 valence electrons. The van der Waals surface area contributed by atoms with Crippen LogP contribution in [0.4, 0.5) is 5.69 Å². The number of carbonyl (C=O) groups is 2.